The van der Waals surface area contributed by atoms with Crippen LogP contribution in [0.2, 0.25) is 0 Å². The SMILES string of the molecule is CC(C)=CCC/C(C)=C/CC/C(C)=C/CC/C(C)=C/CC/C=C(\C)CCC[C@H](C)CCC[C@H](C)CCCC(C)C. The topological polar surface area (TPSA) is 0 Å². The second-order valence-corrected chi connectivity index (χ2v) is 14.0. The molecule has 0 aromatic heterocycles. The van der Waals surface area contributed by atoms with Gasteiger partial charge in [0, 0.05) is 0 Å². The molecule has 0 rings (SSSR count). The first-order chi connectivity index (χ1) is 19.0. The first-order valence-corrected chi connectivity index (χ1v) is 17.2. The maximum Gasteiger partial charge on any atom is -0.0288 e. The molecule has 0 aromatic rings. The van der Waals surface area contributed by atoms with Crippen LogP contribution in [0.4, 0.5) is 0 Å². The first kappa shape index (κ1) is 38.7. The second kappa shape index (κ2) is 25.4. The molecule has 2 atom stereocenters. The highest BCUT2D eigenvalue weighted by atomic mass is 14.1. The van der Waals surface area contributed by atoms with Crippen LogP contribution in [0.25, 0.3) is 0 Å². The Kier molecular flexibility index (Phi) is 24.6. The Morgan fingerprint density at radius 3 is 1.18 bits per heavy atom. The maximum absolute atomic E-state index is 2.49. The maximum atomic E-state index is 2.49. The summed E-state index contributed by atoms with van der Waals surface area (Å²) in [4.78, 5) is 0. The molecule has 0 aliphatic heterocycles. The molecule has 0 saturated carbocycles. The summed E-state index contributed by atoms with van der Waals surface area (Å²) in [7, 11) is 0. The van der Waals surface area contributed by atoms with Crippen molar-refractivity contribution in [1.82, 2.24) is 0 Å². The van der Waals surface area contributed by atoms with E-state index in [9.17, 15) is 0 Å². The van der Waals surface area contributed by atoms with Crippen LogP contribution < -0.4 is 0 Å². The lowest BCUT2D eigenvalue weighted by atomic mass is 9.91. The molecule has 0 spiro atoms. The van der Waals surface area contributed by atoms with Gasteiger partial charge in [0.15, 0.2) is 0 Å². The molecular weight excluding hydrogens is 480 g/mol. The third kappa shape index (κ3) is 26.9. The highest BCUT2D eigenvalue weighted by Crippen LogP contribution is 2.22. The monoisotopic (exact) mass is 553 g/mol. The van der Waals surface area contributed by atoms with Crippen molar-refractivity contribution >= 4 is 0 Å². The fraction of sp³-hybridized carbons (Fsp3) is 0.750. The van der Waals surface area contributed by atoms with Gasteiger partial charge in [-0.05, 0) is 124 Å². The zero-order chi connectivity index (χ0) is 30.2. The normalized spacial score (nSPS) is 15.1. The molecule has 0 aliphatic rings. The van der Waals surface area contributed by atoms with E-state index in [1.54, 1.807) is 16.7 Å². The smallest absolute Gasteiger partial charge is 0.0288 e. The van der Waals surface area contributed by atoms with Crippen LogP contribution in [0.3, 0.4) is 0 Å². The molecule has 0 N–H and O–H groups in total. The molecule has 0 saturated heterocycles. The lowest BCUT2D eigenvalue weighted by molar-refractivity contribution is 0.389. The van der Waals surface area contributed by atoms with E-state index < -0.39 is 0 Å². The molecule has 0 aromatic carbocycles. The Morgan fingerprint density at radius 1 is 0.400 bits per heavy atom. The van der Waals surface area contributed by atoms with Gasteiger partial charge >= 0.3 is 0 Å². The van der Waals surface area contributed by atoms with Crippen LogP contribution in [-0.2, 0) is 0 Å². The predicted molar refractivity (Wildman–Crippen MR) is 186 cm³/mol. The fourth-order valence-electron chi connectivity index (χ4n) is 5.46. The minimum absolute atomic E-state index is 0.864. The number of unbranched alkanes of at least 4 members (excludes halogenated alkanes) is 1. The van der Waals surface area contributed by atoms with Crippen molar-refractivity contribution in [3.63, 3.8) is 0 Å². The van der Waals surface area contributed by atoms with E-state index in [1.165, 1.54) is 120 Å². The Morgan fingerprint density at radius 2 is 0.750 bits per heavy atom. The van der Waals surface area contributed by atoms with Crippen LogP contribution in [0, 0.1) is 17.8 Å². The van der Waals surface area contributed by atoms with Crippen molar-refractivity contribution in [3.05, 3.63) is 58.2 Å². The van der Waals surface area contributed by atoms with Crippen LogP contribution in [0.15, 0.2) is 58.2 Å². The standard InChI is InChI=1S/C40H72/c1-33(2)19-13-23-37(7)27-17-31-39(9)29-15-25-35(5)21-11-12-22-36(6)26-16-30-40(10)32-18-28-38(8)24-14-20-34(3)4/h19,21-22,27,29,34,38,40H,11-18,20,23-26,28,30-32H2,1-10H3/b35-21+,36-22+,37-27+,39-29+/t38-,40+/m1/s1. The van der Waals surface area contributed by atoms with E-state index in [2.05, 4.69) is 99.6 Å². The lowest BCUT2D eigenvalue weighted by Gasteiger charge is -2.15. The molecule has 0 amide bonds. The average Bonchev–Trinajstić information content (AvgIpc) is 2.86. The fourth-order valence-corrected chi connectivity index (χ4v) is 5.46. The molecule has 0 heteroatoms. The summed E-state index contributed by atoms with van der Waals surface area (Å²) in [5.41, 5.74) is 7.65. The van der Waals surface area contributed by atoms with Gasteiger partial charge in [0.05, 0.1) is 0 Å². The number of rotatable bonds is 24. The molecular formula is C40H72. The minimum atomic E-state index is 0.864. The van der Waals surface area contributed by atoms with Gasteiger partial charge in [-0.25, -0.2) is 0 Å². The van der Waals surface area contributed by atoms with E-state index >= 15 is 0 Å². The third-order valence-corrected chi connectivity index (χ3v) is 8.45. The van der Waals surface area contributed by atoms with E-state index in [-0.39, 0.29) is 0 Å². The van der Waals surface area contributed by atoms with Gasteiger partial charge in [-0.2, -0.15) is 0 Å². The summed E-state index contributed by atoms with van der Waals surface area (Å²) in [5, 5.41) is 0. The summed E-state index contributed by atoms with van der Waals surface area (Å²) in [6, 6.07) is 0. The van der Waals surface area contributed by atoms with Crippen molar-refractivity contribution in [3.8, 4) is 0 Å². The molecule has 0 radical (unpaired) electrons. The molecule has 40 heavy (non-hydrogen) atoms. The van der Waals surface area contributed by atoms with Crippen LogP contribution in [-0.4, -0.2) is 0 Å². The van der Waals surface area contributed by atoms with Crippen LogP contribution in [0.5, 0.6) is 0 Å². The molecule has 0 bridgehead atoms. The Balaban J connectivity index is 3.98. The largest absolute Gasteiger partial charge is 0.0856 e. The number of hydrogen-bond donors (Lipinski definition) is 0. The van der Waals surface area contributed by atoms with Crippen molar-refractivity contribution in [2.24, 2.45) is 17.8 Å². The van der Waals surface area contributed by atoms with Gasteiger partial charge in [-0.15, -0.1) is 0 Å². The summed E-state index contributed by atoms with van der Waals surface area (Å²) in [6.45, 7) is 23.2. The van der Waals surface area contributed by atoms with Gasteiger partial charge in [0.1, 0.15) is 0 Å². The number of hydrogen-bond acceptors (Lipinski definition) is 0. The van der Waals surface area contributed by atoms with E-state index in [1.807, 2.05) is 0 Å². The van der Waals surface area contributed by atoms with E-state index in [0.29, 0.717) is 0 Å². The van der Waals surface area contributed by atoms with Gasteiger partial charge in [0.2, 0.25) is 0 Å². The molecule has 0 heterocycles. The van der Waals surface area contributed by atoms with Crippen molar-refractivity contribution in [2.75, 3.05) is 0 Å². The highest BCUT2D eigenvalue weighted by molar-refractivity contribution is 5.07. The Labute approximate surface area is 254 Å². The van der Waals surface area contributed by atoms with Gasteiger partial charge in [-0.1, -0.05) is 131 Å². The molecule has 0 aliphatic carbocycles. The zero-order valence-corrected chi connectivity index (χ0v) is 29.1. The van der Waals surface area contributed by atoms with E-state index in [0.717, 1.165) is 17.8 Å². The van der Waals surface area contributed by atoms with Crippen LogP contribution in [0.1, 0.15) is 178 Å². The van der Waals surface area contributed by atoms with Crippen molar-refractivity contribution in [1.29, 1.82) is 0 Å². The second-order valence-electron chi connectivity index (χ2n) is 14.0. The first-order valence-electron chi connectivity index (χ1n) is 17.2. The average molecular weight is 553 g/mol. The quantitative estimate of drug-likeness (QED) is 0.0825. The molecule has 0 unspecified atom stereocenters. The van der Waals surface area contributed by atoms with E-state index in [4.69, 9.17) is 0 Å². The molecule has 232 valence electrons. The minimum Gasteiger partial charge on any atom is -0.0856 e. The van der Waals surface area contributed by atoms with Gasteiger partial charge in [0.25, 0.3) is 0 Å². The predicted octanol–water partition coefficient (Wildman–Crippen LogP) is 14.3. The summed E-state index contributed by atoms with van der Waals surface area (Å²) < 4.78 is 0. The summed E-state index contributed by atoms with van der Waals surface area (Å²) >= 11 is 0. The summed E-state index contributed by atoms with van der Waals surface area (Å²) in [6.07, 6.45) is 34.3. The highest BCUT2D eigenvalue weighted by Gasteiger charge is 2.06. The van der Waals surface area contributed by atoms with Gasteiger partial charge in [-0.3, -0.25) is 0 Å². The van der Waals surface area contributed by atoms with Crippen LogP contribution >= 0.6 is 0 Å². The van der Waals surface area contributed by atoms with Crippen molar-refractivity contribution in [2.45, 2.75) is 178 Å². The van der Waals surface area contributed by atoms with Gasteiger partial charge < -0.3 is 0 Å². The van der Waals surface area contributed by atoms with Crippen molar-refractivity contribution < 1.29 is 0 Å². The third-order valence-electron chi connectivity index (χ3n) is 8.45. The number of allylic oxidation sites excluding steroid dienone is 10. The Hall–Kier alpha value is -1.30. The lowest BCUT2D eigenvalue weighted by Crippen LogP contribution is -2.00. The zero-order valence-electron chi connectivity index (χ0n) is 29.1. The molecule has 0 fully saturated rings. The molecule has 0 nitrogen and oxygen atoms in total. The Bertz CT molecular complexity index is 762. The summed E-state index contributed by atoms with van der Waals surface area (Å²) in [5.74, 6) is 2.67.